The van der Waals surface area contributed by atoms with Gasteiger partial charge in [0.2, 0.25) is 9.05 Å². The molecular formula is C39H38ClF8N3O8S2. The minimum absolute atomic E-state index is 0.223. The van der Waals surface area contributed by atoms with Gasteiger partial charge < -0.3 is 15.2 Å². The number of ether oxygens (including phenoxy) is 2. The summed E-state index contributed by atoms with van der Waals surface area (Å²) in [6.45, 7) is 9.78. The fourth-order valence-electron chi connectivity index (χ4n) is 6.29. The Morgan fingerprint density at radius 2 is 0.984 bits per heavy atom. The molecule has 2 heterocycles. The Labute approximate surface area is 350 Å². The summed E-state index contributed by atoms with van der Waals surface area (Å²) in [4.78, 5) is 26.5. The SMILES string of the molecule is CCN1C(=O)OC(C)c2cc(CS(=O)(=O)Cc3c(F)c(F)c(C)c(F)c3F)ccc21.CCN1C(=O)OC(C)c2cc(N)ccc21.Cc1c(F)c(F)c(CS(=O)(=O)Cl)c(F)c1F. The third-order valence-electron chi connectivity index (χ3n) is 9.44. The van der Waals surface area contributed by atoms with E-state index in [2.05, 4.69) is 0 Å². The predicted octanol–water partition coefficient (Wildman–Crippen LogP) is 9.63. The summed E-state index contributed by atoms with van der Waals surface area (Å²) in [6.07, 6.45) is -1.65. The smallest absolute Gasteiger partial charge is 0.414 e. The Balaban J connectivity index is 0.000000222. The van der Waals surface area contributed by atoms with Crippen LogP contribution < -0.4 is 15.5 Å². The molecule has 0 fully saturated rings. The summed E-state index contributed by atoms with van der Waals surface area (Å²) in [5.74, 6) is -16.6. The van der Waals surface area contributed by atoms with Gasteiger partial charge in [-0.05, 0) is 77.4 Å². The van der Waals surface area contributed by atoms with E-state index in [1.165, 1.54) is 17.0 Å². The number of halogens is 9. The molecule has 0 aromatic heterocycles. The molecule has 2 aliphatic rings. The van der Waals surface area contributed by atoms with Gasteiger partial charge in [0.05, 0.1) is 28.6 Å². The van der Waals surface area contributed by atoms with E-state index in [0.717, 1.165) is 25.1 Å². The van der Waals surface area contributed by atoms with Gasteiger partial charge in [-0.15, -0.1) is 0 Å². The number of nitrogens with two attached hydrogens (primary N) is 1. The summed E-state index contributed by atoms with van der Waals surface area (Å²) >= 11 is 0. The van der Waals surface area contributed by atoms with Crippen LogP contribution >= 0.6 is 10.7 Å². The number of carbonyl (C=O) groups is 2. The van der Waals surface area contributed by atoms with E-state index in [0.29, 0.717) is 30.0 Å². The number of cyclic esters (lactones) is 2. The maximum Gasteiger partial charge on any atom is 0.414 e. The van der Waals surface area contributed by atoms with Crippen LogP contribution in [0.2, 0.25) is 0 Å². The molecule has 2 N–H and O–H groups in total. The molecule has 4 aromatic carbocycles. The van der Waals surface area contributed by atoms with Gasteiger partial charge in [0.15, 0.2) is 56.4 Å². The van der Waals surface area contributed by atoms with Crippen molar-refractivity contribution in [1.82, 2.24) is 0 Å². The van der Waals surface area contributed by atoms with Gasteiger partial charge in [-0.25, -0.2) is 61.5 Å². The van der Waals surface area contributed by atoms with Crippen LogP contribution in [0, 0.1) is 60.4 Å². The number of amides is 2. The van der Waals surface area contributed by atoms with Crippen LogP contribution in [0.25, 0.3) is 0 Å². The number of anilines is 3. The second-order valence-electron chi connectivity index (χ2n) is 13.7. The molecule has 0 spiro atoms. The molecule has 0 saturated heterocycles. The second kappa shape index (κ2) is 18.9. The van der Waals surface area contributed by atoms with Crippen LogP contribution in [0.1, 0.15) is 78.8 Å². The summed E-state index contributed by atoms with van der Waals surface area (Å²) in [5.41, 5.74) is 5.57. The van der Waals surface area contributed by atoms with E-state index in [9.17, 15) is 61.5 Å². The molecule has 4 aromatic rings. The fraction of sp³-hybridized carbons (Fsp3) is 0.333. The van der Waals surface area contributed by atoms with Crippen molar-refractivity contribution in [2.24, 2.45) is 0 Å². The molecule has 0 aliphatic carbocycles. The van der Waals surface area contributed by atoms with Gasteiger partial charge in [0, 0.05) is 62.8 Å². The normalized spacial score (nSPS) is 16.0. The van der Waals surface area contributed by atoms with E-state index < -0.39 is 117 Å². The monoisotopic (exact) mass is 927 g/mol. The van der Waals surface area contributed by atoms with Gasteiger partial charge in [-0.3, -0.25) is 9.80 Å². The van der Waals surface area contributed by atoms with E-state index in [-0.39, 0.29) is 17.8 Å². The zero-order valence-corrected chi connectivity index (χ0v) is 35.5. The first kappa shape index (κ1) is 48.5. The van der Waals surface area contributed by atoms with Gasteiger partial charge in [0.25, 0.3) is 0 Å². The highest BCUT2D eigenvalue weighted by Crippen LogP contribution is 2.37. The lowest BCUT2D eigenvalue weighted by Gasteiger charge is -2.32. The van der Waals surface area contributed by atoms with Crippen molar-refractivity contribution >= 4 is 58.8 Å². The number of nitrogen functional groups attached to an aromatic ring is 1. The number of fused-ring (bicyclic) bond motifs is 2. The third-order valence-corrected chi connectivity index (χ3v) is 11.9. The molecule has 0 bridgehead atoms. The molecule has 0 saturated carbocycles. The zero-order valence-electron chi connectivity index (χ0n) is 33.1. The first-order chi connectivity index (χ1) is 28.2. The first-order valence-electron chi connectivity index (χ1n) is 18.0. The number of carbonyl (C=O) groups excluding carboxylic acids is 2. The predicted molar refractivity (Wildman–Crippen MR) is 210 cm³/mol. The highest BCUT2D eigenvalue weighted by molar-refractivity contribution is 8.13. The average molecular weight is 928 g/mol. The lowest BCUT2D eigenvalue weighted by atomic mass is 10.0. The summed E-state index contributed by atoms with van der Waals surface area (Å²) < 4.78 is 165. The standard InChI is InChI=1S/C20H19F4NO4S.C11H14N2O2.C8H5ClF4O2S/c1-4-25-15-6-5-12(7-13(15)11(3)29-20(25)26)8-30(27,28)9-14-18(23)16(21)10(2)17(22)19(14)24;1-3-13-10-5-4-8(12)6-9(10)7(2)15-11(13)14;1-3-5(10)7(12)4(2-16(9,14)15)8(13)6(3)11/h5-7,11H,4,8-9H2,1-3H3;4-7H,3,12H2,1-2H3;2H2,1H3. The maximum absolute atomic E-state index is 14.1. The molecule has 22 heteroatoms. The van der Waals surface area contributed by atoms with Crippen molar-refractivity contribution in [3.8, 4) is 0 Å². The van der Waals surface area contributed by atoms with Crippen LogP contribution in [0.15, 0.2) is 36.4 Å². The topological polar surface area (TPSA) is 153 Å². The van der Waals surface area contributed by atoms with Gasteiger partial charge in [-0.1, -0.05) is 6.07 Å². The van der Waals surface area contributed by atoms with Crippen LogP contribution in [-0.4, -0.2) is 42.1 Å². The van der Waals surface area contributed by atoms with Crippen molar-refractivity contribution in [1.29, 1.82) is 0 Å². The van der Waals surface area contributed by atoms with Crippen molar-refractivity contribution in [2.45, 2.75) is 71.0 Å². The molecular weight excluding hydrogens is 890 g/mol. The average Bonchev–Trinajstić information content (AvgIpc) is 3.19. The second-order valence-corrected chi connectivity index (χ2v) is 18.5. The third kappa shape index (κ3) is 10.7. The quantitative estimate of drug-likeness (QED) is 0.0788. The van der Waals surface area contributed by atoms with Gasteiger partial charge >= 0.3 is 12.2 Å². The Morgan fingerprint density at radius 1 is 0.607 bits per heavy atom. The highest BCUT2D eigenvalue weighted by atomic mass is 35.7. The lowest BCUT2D eigenvalue weighted by Crippen LogP contribution is -2.36. The summed E-state index contributed by atoms with van der Waals surface area (Å²) in [5, 5.41) is 0. The Kier molecular flexibility index (Phi) is 15.0. The Morgan fingerprint density at radius 3 is 1.38 bits per heavy atom. The van der Waals surface area contributed by atoms with Crippen molar-refractivity contribution < 1.29 is 71.0 Å². The molecule has 0 radical (unpaired) electrons. The summed E-state index contributed by atoms with van der Waals surface area (Å²) in [6, 6.07) is 10.1. The first-order valence-corrected chi connectivity index (χ1v) is 22.3. The molecule has 2 atom stereocenters. The number of hydrogen-bond acceptors (Lipinski definition) is 9. The molecule has 332 valence electrons. The van der Waals surface area contributed by atoms with E-state index in [4.69, 9.17) is 25.9 Å². The van der Waals surface area contributed by atoms with E-state index in [1.807, 2.05) is 26.0 Å². The largest absolute Gasteiger partial charge is 0.441 e. The van der Waals surface area contributed by atoms with Crippen LogP contribution in [0.4, 0.5) is 61.8 Å². The van der Waals surface area contributed by atoms with Crippen molar-refractivity contribution in [2.75, 3.05) is 28.6 Å². The van der Waals surface area contributed by atoms with Crippen LogP contribution in [-0.2, 0) is 45.6 Å². The lowest BCUT2D eigenvalue weighted by molar-refractivity contribution is 0.107. The fourth-order valence-corrected chi connectivity index (χ4v) is 8.69. The Hall–Kier alpha value is -5.15. The molecule has 11 nitrogen and oxygen atoms in total. The van der Waals surface area contributed by atoms with Crippen LogP contribution in [0.5, 0.6) is 0 Å². The Bertz CT molecular complexity index is 2560. The number of sulfone groups is 1. The number of hydrogen-bond donors (Lipinski definition) is 1. The van der Waals surface area contributed by atoms with E-state index >= 15 is 0 Å². The zero-order chi connectivity index (χ0) is 46.0. The number of benzene rings is 4. The minimum atomic E-state index is -4.31. The highest BCUT2D eigenvalue weighted by Gasteiger charge is 2.32. The van der Waals surface area contributed by atoms with E-state index in [1.54, 1.807) is 30.9 Å². The number of rotatable bonds is 8. The van der Waals surface area contributed by atoms with Gasteiger partial charge in [-0.2, -0.15) is 0 Å². The molecule has 2 unspecified atom stereocenters. The molecule has 61 heavy (non-hydrogen) atoms. The van der Waals surface area contributed by atoms with Crippen molar-refractivity contribution in [3.63, 3.8) is 0 Å². The molecule has 2 aliphatic heterocycles. The van der Waals surface area contributed by atoms with Gasteiger partial charge in [0.1, 0.15) is 12.2 Å². The number of nitrogens with zero attached hydrogens (tertiary/aromatic N) is 2. The maximum atomic E-state index is 14.1. The molecule has 2 amide bonds. The minimum Gasteiger partial charge on any atom is -0.441 e. The molecule has 6 rings (SSSR count). The van der Waals surface area contributed by atoms with Crippen LogP contribution in [0.3, 0.4) is 0 Å². The summed E-state index contributed by atoms with van der Waals surface area (Å²) in [7, 11) is -3.75. The van der Waals surface area contributed by atoms with Crippen molar-refractivity contribution in [3.05, 3.63) is 122 Å².